The summed E-state index contributed by atoms with van der Waals surface area (Å²) < 4.78 is 12.6. The number of hydrogen-bond donors (Lipinski definition) is 2. The van der Waals surface area contributed by atoms with Crippen LogP contribution in [0.25, 0.3) is 0 Å². The van der Waals surface area contributed by atoms with E-state index >= 15 is 0 Å². The molecule has 2 N–H and O–H groups in total. The average Bonchev–Trinajstić information content (AvgIpc) is 3.31. The Morgan fingerprint density at radius 3 is 2.69 bits per heavy atom. The normalized spacial score (nSPS) is 23.7. The first-order chi connectivity index (χ1) is 14.1. The van der Waals surface area contributed by atoms with Gasteiger partial charge in [0.2, 0.25) is 5.95 Å². The third-order valence-electron chi connectivity index (χ3n) is 6.34. The van der Waals surface area contributed by atoms with Crippen LogP contribution in [0.5, 0.6) is 0 Å². The molecular formula is C19H26N6O2S2. The largest absolute Gasteiger partial charge is 0.394 e. The van der Waals surface area contributed by atoms with Crippen molar-refractivity contribution in [2.45, 2.75) is 61.8 Å². The summed E-state index contributed by atoms with van der Waals surface area (Å²) in [5, 5.41) is 23.9. The Kier molecular flexibility index (Phi) is 5.03. The van der Waals surface area contributed by atoms with E-state index in [1.54, 1.807) is 11.3 Å². The number of nitrogens with zero attached hydrogens (tertiary/aromatic N) is 5. The van der Waals surface area contributed by atoms with Gasteiger partial charge in [-0.3, -0.25) is 4.21 Å². The van der Waals surface area contributed by atoms with Gasteiger partial charge in [-0.1, -0.05) is 0 Å². The maximum absolute atomic E-state index is 12.6. The van der Waals surface area contributed by atoms with Crippen molar-refractivity contribution in [3.63, 3.8) is 0 Å². The van der Waals surface area contributed by atoms with Gasteiger partial charge in [0, 0.05) is 31.2 Å². The fourth-order valence-electron chi connectivity index (χ4n) is 4.39. The van der Waals surface area contributed by atoms with Crippen LogP contribution in [0.15, 0.2) is 4.90 Å². The molecule has 0 amide bonds. The molecular weight excluding hydrogens is 408 g/mol. The van der Waals surface area contributed by atoms with Crippen LogP contribution in [0.4, 0.5) is 11.8 Å². The van der Waals surface area contributed by atoms with Gasteiger partial charge < -0.3 is 15.3 Å². The van der Waals surface area contributed by atoms with Gasteiger partial charge in [0.1, 0.15) is 20.7 Å². The number of rotatable bonds is 5. The van der Waals surface area contributed by atoms with Crippen molar-refractivity contribution in [2.24, 2.45) is 0 Å². The topological polar surface area (TPSA) is 104 Å². The van der Waals surface area contributed by atoms with E-state index in [0.717, 1.165) is 72.2 Å². The number of hydrogen-bond acceptors (Lipinski definition) is 9. The molecule has 2 aromatic rings. The number of anilines is 2. The van der Waals surface area contributed by atoms with Gasteiger partial charge >= 0.3 is 0 Å². The molecule has 1 aliphatic carbocycles. The molecule has 1 atom stereocenters. The summed E-state index contributed by atoms with van der Waals surface area (Å²) in [5.74, 6) is 2.43. The monoisotopic (exact) mass is 434 g/mol. The van der Waals surface area contributed by atoms with Crippen LogP contribution in [0, 0.1) is 6.92 Å². The van der Waals surface area contributed by atoms with Gasteiger partial charge in [0.25, 0.3) is 0 Å². The molecule has 2 fully saturated rings. The van der Waals surface area contributed by atoms with Gasteiger partial charge in [0.05, 0.1) is 28.6 Å². The predicted molar refractivity (Wildman–Crippen MR) is 113 cm³/mol. The summed E-state index contributed by atoms with van der Waals surface area (Å²) in [6.07, 6.45) is 5.65. The zero-order valence-electron chi connectivity index (χ0n) is 16.6. The molecule has 2 aromatic heterocycles. The SMILES string of the molecule is Cc1nnc(C2CCN(c3nc4c(c(NC5(CO)CCC5)n3)[S@](=O)CC4)CC2)s1. The van der Waals surface area contributed by atoms with Gasteiger partial charge in [-0.25, -0.2) is 4.98 Å². The molecule has 1 saturated heterocycles. The lowest BCUT2D eigenvalue weighted by Crippen LogP contribution is -2.48. The summed E-state index contributed by atoms with van der Waals surface area (Å²) in [4.78, 5) is 12.6. The molecule has 0 radical (unpaired) electrons. The summed E-state index contributed by atoms with van der Waals surface area (Å²) in [6.45, 7) is 3.81. The van der Waals surface area contributed by atoms with E-state index in [-0.39, 0.29) is 12.1 Å². The first-order valence-electron chi connectivity index (χ1n) is 10.3. The molecule has 10 heteroatoms. The summed E-state index contributed by atoms with van der Waals surface area (Å²) >= 11 is 1.69. The van der Waals surface area contributed by atoms with Crippen molar-refractivity contribution in [1.29, 1.82) is 0 Å². The molecule has 4 heterocycles. The van der Waals surface area contributed by atoms with Crippen LogP contribution in [0.3, 0.4) is 0 Å². The Balaban J connectivity index is 1.38. The Morgan fingerprint density at radius 2 is 2.07 bits per heavy atom. The minimum atomic E-state index is -1.07. The van der Waals surface area contributed by atoms with Crippen LogP contribution < -0.4 is 10.2 Å². The number of fused-ring (bicyclic) bond motifs is 1. The molecule has 0 unspecified atom stereocenters. The molecule has 29 heavy (non-hydrogen) atoms. The second-order valence-electron chi connectivity index (χ2n) is 8.29. The molecule has 1 saturated carbocycles. The van der Waals surface area contributed by atoms with Crippen molar-refractivity contribution < 1.29 is 9.32 Å². The van der Waals surface area contributed by atoms with Gasteiger partial charge in [-0.05, 0) is 39.0 Å². The van der Waals surface area contributed by atoms with Crippen molar-refractivity contribution in [1.82, 2.24) is 20.2 Å². The second kappa shape index (κ2) is 7.55. The fraction of sp³-hybridized carbons (Fsp3) is 0.684. The Bertz CT molecular complexity index is 931. The number of piperidine rings is 1. The minimum absolute atomic E-state index is 0.0698. The van der Waals surface area contributed by atoms with Gasteiger partial charge in [-0.15, -0.1) is 21.5 Å². The van der Waals surface area contributed by atoms with Crippen molar-refractivity contribution >= 4 is 33.9 Å². The van der Waals surface area contributed by atoms with Crippen LogP contribution in [0.2, 0.25) is 0 Å². The lowest BCUT2D eigenvalue weighted by atomic mass is 9.77. The Hall–Kier alpha value is -1.65. The van der Waals surface area contributed by atoms with E-state index in [2.05, 4.69) is 20.4 Å². The standard InChI is InChI=1S/C19H26N6O2S2/c1-12-23-24-17(28-12)13-3-8-25(9-4-13)18-20-14-5-10-29(27)15(14)16(21-18)22-19(11-26)6-2-7-19/h13,26H,2-11H2,1H3,(H,20,21,22)/t29-/m1/s1. The molecule has 2 aliphatic heterocycles. The van der Waals surface area contributed by atoms with E-state index in [1.165, 1.54) is 0 Å². The van der Waals surface area contributed by atoms with Crippen molar-refractivity contribution in [3.8, 4) is 0 Å². The first-order valence-corrected chi connectivity index (χ1v) is 12.4. The predicted octanol–water partition coefficient (Wildman–Crippen LogP) is 2.01. The summed E-state index contributed by atoms with van der Waals surface area (Å²) in [7, 11) is -1.07. The highest BCUT2D eigenvalue weighted by Gasteiger charge is 2.39. The summed E-state index contributed by atoms with van der Waals surface area (Å²) in [6, 6.07) is 0. The highest BCUT2D eigenvalue weighted by Crippen LogP contribution is 2.39. The van der Waals surface area contributed by atoms with E-state index < -0.39 is 10.8 Å². The lowest BCUT2D eigenvalue weighted by Gasteiger charge is -2.42. The third-order valence-corrected chi connectivity index (χ3v) is 8.80. The molecule has 8 nitrogen and oxygen atoms in total. The highest BCUT2D eigenvalue weighted by atomic mass is 32.2. The van der Waals surface area contributed by atoms with E-state index in [9.17, 15) is 9.32 Å². The van der Waals surface area contributed by atoms with Crippen LogP contribution in [0.1, 0.15) is 53.7 Å². The maximum Gasteiger partial charge on any atom is 0.227 e. The van der Waals surface area contributed by atoms with Crippen molar-refractivity contribution in [3.05, 3.63) is 15.7 Å². The van der Waals surface area contributed by atoms with Crippen LogP contribution >= 0.6 is 11.3 Å². The lowest BCUT2D eigenvalue weighted by molar-refractivity contribution is 0.143. The zero-order chi connectivity index (χ0) is 20.0. The first kappa shape index (κ1) is 19.3. The third kappa shape index (κ3) is 3.55. The number of aliphatic hydroxyl groups excluding tert-OH is 1. The average molecular weight is 435 g/mol. The molecule has 0 aromatic carbocycles. The quantitative estimate of drug-likeness (QED) is 0.736. The number of aryl methyl sites for hydroxylation is 2. The second-order valence-corrected chi connectivity index (χ2v) is 11.0. The highest BCUT2D eigenvalue weighted by molar-refractivity contribution is 7.85. The van der Waals surface area contributed by atoms with E-state index in [1.807, 2.05) is 6.92 Å². The number of aromatic nitrogens is 4. The number of nitrogens with one attached hydrogen (secondary N) is 1. The smallest absolute Gasteiger partial charge is 0.227 e. The van der Waals surface area contributed by atoms with E-state index in [4.69, 9.17) is 9.97 Å². The maximum atomic E-state index is 12.6. The van der Waals surface area contributed by atoms with Gasteiger partial charge in [-0.2, -0.15) is 4.98 Å². The Labute approximate surface area is 176 Å². The fourth-order valence-corrected chi connectivity index (χ4v) is 6.56. The molecule has 3 aliphatic rings. The molecule has 156 valence electrons. The van der Waals surface area contributed by atoms with Gasteiger partial charge in [0.15, 0.2) is 0 Å². The van der Waals surface area contributed by atoms with Crippen LogP contribution in [-0.4, -0.2) is 60.5 Å². The molecule has 0 bridgehead atoms. The number of aliphatic hydroxyl groups is 1. The van der Waals surface area contributed by atoms with E-state index in [0.29, 0.717) is 23.4 Å². The Morgan fingerprint density at radius 1 is 1.28 bits per heavy atom. The molecule has 0 spiro atoms. The minimum Gasteiger partial charge on any atom is -0.394 e. The zero-order valence-corrected chi connectivity index (χ0v) is 18.2. The summed E-state index contributed by atoms with van der Waals surface area (Å²) in [5.41, 5.74) is 0.569. The van der Waals surface area contributed by atoms with Crippen molar-refractivity contribution in [2.75, 3.05) is 35.7 Å². The van der Waals surface area contributed by atoms with Crippen LogP contribution in [-0.2, 0) is 17.2 Å². The molecule has 5 rings (SSSR count).